The molecule has 0 fully saturated rings. The molecular weight excluding hydrogens is 350 g/mol. The molecule has 1 N–H and O–H groups in total. The van der Waals surface area contributed by atoms with Crippen LogP contribution in [0.1, 0.15) is 13.8 Å². The molecule has 0 amide bonds. The summed E-state index contributed by atoms with van der Waals surface area (Å²) in [7, 11) is -3.80. The van der Waals surface area contributed by atoms with Gasteiger partial charge in [0.05, 0.1) is 4.90 Å². The molecule has 2 rings (SSSR count). The van der Waals surface area contributed by atoms with E-state index in [1.807, 2.05) is 0 Å². The molecule has 1 aliphatic rings. The molecule has 0 bridgehead atoms. The summed E-state index contributed by atoms with van der Waals surface area (Å²) in [6.45, 7) is 2.29. The molecule has 1 aromatic rings. The van der Waals surface area contributed by atoms with E-state index in [-0.39, 0.29) is 11.5 Å². The van der Waals surface area contributed by atoms with Crippen molar-refractivity contribution < 1.29 is 32.2 Å². The first-order valence-electron chi connectivity index (χ1n) is 7.49. The smallest absolute Gasteiger partial charge is 0.303 e. The monoisotopic (exact) mass is 369 g/mol. The van der Waals surface area contributed by atoms with E-state index >= 15 is 0 Å². The lowest BCUT2D eigenvalue weighted by Crippen LogP contribution is -2.47. The number of nitrogens with one attached hydrogen (secondary N) is 1. The zero-order chi connectivity index (χ0) is 18.4. The first kappa shape index (κ1) is 19.1. The third kappa shape index (κ3) is 5.66. The molecule has 0 saturated carbocycles. The summed E-state index contributed by atoms with van der Waals surface area (Å²) in [5.41, 5.74) is 0. The minimum absolute atomic E-state index is 0.0886. The van der Waals surface area contributed by atoms with Crippen molar-refractivity contribution >= 4 is 22.0 Å². The van der Waals surface area contributed by atoms with E-state index in [2.05, 4.69) is 4.72 Å². The Balaban J connectivity index is 2.11. The van der Waals surface area contributed by atoms with Crippen LogP contribution in [0.2, 0.25) is 0 Å². The summed E-state index contributed by atoms with van der Waals surface area (Å²) in [6, 6.07) is 7.81. The number of hydrogen-bond donors (Lipinski definition) is 1. The van der Waals surface area contributed by atoms with Gasteiger partial charge < -0.3 is 14.2 Å². The van der Waals surface area contributed by atoms with Crippen molar-refractivity contribution in [2.45, 2.75) is 37.2 Å². The lowest BCUT2D eigenvalue weighted by molar-refractivity contribution is -0.163. The second-order valence-corrected chi connectivity index (χ2v) is 7.00. The fourth-order valence-electron chi connectivity index (χ4n) is 2.17. The maximum atomic E-state index is 12.3. The Morgan fingerprint density at radius 1 is 1.12 bits per heavy atom. The van der Waals surface area contributed by atoms with Gasteiger partial charge in [-0.2, -0.15) is 4.72 Å². The van der Waals surface area contributed by atoms with Gasteiger partial charge in [-0.3, -0.25) is 9.59 Å². The van der Waals surface area contributed by atoms with Gasteiger partial charge in [-0.15, -0.1) is 0 Å². The average Bonchev–Trinajstić information content (AvgIpc) is 2.55. The number of esters is 2. The van der Waals surface area contributed by atoms with Gasteiger partial charge in [-0.05, 0) is 24.3 Å². The van der Waals surface area contributed by atoms with Crippen LogP contribution in [0.4, 0.5) is 0 Å². The van der Waals surface area contributed by atoms with Gasteiger partial charge in [0.25, 0.3) is 0 Å². The molecule has 3 unspecified atom stereocenters. The number of ether oxygens (including phenoxy) is 3. The Morgan fingerprint density at radius 3 is 2.40 bits per heavy atom. The van der Waals surface area contributed by atoms with Crippen LogP contribution in [-0.4, -0.2) is 45.4 Å². The van der Waals surface area contributed by atoms with Crippen molar-refractivity contribution in [1.29, 1.82) is 0 Å². The van der Waals surface area contributed by atoms with Crippen LogP contribution in [-0.2, 0) is 33.8 Å². The van der Waals surface area contributed by atoms with Crippen molar-refractivity contribution in [3.63, 3.8) is 0 Å². The van der Waals surface area contributed by atoms with E-state index in [9.17, 15) is 18.0 Å². The third-order valence-corrected chi connectivity index (χ3v) is 4.68. The molecule has 1 aliphatic heterocycles. The lowest BCUT2D eigenvalue weighted by atomic mass is 10.1. The summed E-state index contributed by atoms with van der Waals surface area (Å²) >= 11 is 0. The summed E-state index contributed by atoms with van der Waals surface area (Å²) in [6.07, 6.45) is 0.323. The van der Waals surface area contributed by atoms with Crippen molar-refractivity contribution in [1.82, 2.24) is 4.72 Å². The highest BCUT2D eigenvalue weighted by Gasteiger charge is 2.32. The summed E-state index contributed by atoms with van der Waals surface area (Å²) in [4.78, 5) is 22.2. The molecule has 136 valence electrons. The van der Waals surface area contributed by atoms with Gasteiger partial charge in [0.1, 0.15) is 25.0 Å². The van der Waals surface area contributed by atoms with Crippen LogP contribution in [0.15, 0.2) is 47.4 Å². The fourth-order valence-corrected chi connectivity index (χ4v) is 3.27. The Bertz CT molecular complexity index is 745. The Labute approximate surface area is 145 Å². The van der Waals surface area contributed by atoms with Crippen molar-refractivity contribution in [3.8, 4) is 0 Å². The van der Waals surface area contributed by atoms with E-state index in [4.69, 9.17) is 14.2 Å². The minimum Gasteiger partial charge on any atom is -0.463 e. The average molecular weight is 369 g/mol. The molecule has 1 aromatic carbocycles. The number of carbonyl (C=O) groups excluding carboxylic acids is 2. The maximum absolute atomic E-state index is 12.3. The number of rotatable bonds is 6. The van der Waals surface area contributed by atoms with E-state index in [0.717, 1.165) is 0 Å². The predicted molar refractivity (Wildman–Crippen MR) is 86.8 cm³/mol. The normalized spacial score (nSPS) is 23.0. The van der Waals surface area contributed by atoms with Crippen molar-refractivity contribution in [3.05, 3.63) is 42.5 Å². The Hall–Kier alpha value is -2.23. The van der Waals surface area contributed by atoms with Crippen LogP contribution in [0.3, 0.4) is 0 Å². The number of benzene rings is 1. The second-order valence-electron chi connectivity index (χ2n) is 5.29. The lowest BCUT2D eigenvalue weighted by Gasteiger charge is -2.31. The first-order chi connectivity index (χ1) is 11.8. The zero-order valence-electron chi connectivity index (χ0n) is 13.7. The number of hydrogen-bond acceptors (Lipinski definition) is 7. The molecule has 8 nitrogen and oxygen atoms in total. The van der Waals surface area contributed by atoms with E-state index in [1.54, 1.807) is 18.2 Å². The van der Waals surface area contributed by atoms with Gasteiger partial charge in [0.15, 0.2) is 0 Å². The van der Waals surface area contributed by atoms with Crippen LogP contribution in [0.5, 0.6) is 0 Å². The minimum atomic E-state index is -3.80. The van der Waals surface area contributed by atoms with Gasteiger partial charge in [-0.25, -0.2) is 8.42 Å². The first-order valence-corrected chi connectivity index (χ1v) is 8.98. The molecule has 25 heavy (non-hydrogen) atoms. The van der Waals surface area contributed by atoms with E-state index in [1.165, 1.54) is 38.1 Å². The molecule has 0 radical (unpaired) electrons. The predicted octanol–water partition coefficient (Wildman–Crippen LogP) is 0.741. The molecule has 0 aromatic heterocycles. The maximum Gasteiger partial charge on any atom is 0.303 e. The summed E-state index contributed by atoms with van der Waals surface area (Å²) in [5, 5.41) is 0. The SMILES string of the molecule is CC(=O)OCC1OC(NS(=O)(=O)c2ccccc2)C=CC1OC(C)=O. The zero-order valence-corrected chi connectivity index (χ0v) is 14.6. The Morgan fingerprint density at radius 2 is 1.80 bits per heavy atom. The van der Waals surface area contributed by atoms with Gasteiger partial charge in [-0.1, -0.05) is 18.2 Å². The third-order valence-electron chi connectivity index (χ3n) is 3.24. The van der Waals surface area contributed by atoms with Crippen LogP contribution in [0, 0.1) is 0 Å². The highest BCUT2D eigenvalue weighted by Crippen LogP contribution is 2.18. The molecular formula is C16H19NO7S. The molecule has 0 aliphatic carbocycles. The van der Waals surface area contributed by atoms with E-state index < -0.39 is 40.4 Å². The summed E-state index contributed by atoms with van der Waals surface area (Å²) < 4.78 is 42.6. The quantitative estimate of drug-likeness (QED) is 0.582. The van der Waals surface area contributed by atoms with Crippen LogP contribution < -0.4 is 4.72 Å². The second kappa shape index (κ2) is 8.24. The highest BCUT2D eigenvalue weighted by atomic mass is 32.2. The van der Waals surface area contributed by atoms with Gasteiger partial charge in [0.2, 0.25) is 10.0 Å². The van der Waals surface area contributed by atoms with Gasteiger partial charge in [0, 0.05) is 13.8 Å². The summed E-state index contributed by atoms with van der Waals surface area (Å²) in [5.74, 6) is -1.06. The highest BCUT2D eigenvalue weighted by molar-refractivity contribution is 7.89. The van der Waals surface area contributed by atoms with Gasteiger partial charge >= 0.3 is 11.9 Å². The standard InChI is InChI=1S/C16H19NO7S/c1-11(18)22-10-15-14(23-12(2)19)8-9-16(24-15)17-25(20,21)13-6-4-3-5-7-13/h3-9,14-17H,10H2,1-2H3. The fraction of sp³-hybridized carbons (Fsp3) is 0.375. The molecule has 9 heteroatoms. The molecule has 0 spiro atoms. The van der Waals surface area contributed by atoms with E-state index in [0.29, 0.717) is 0 Å². The molecule has 1 heterocycles. The molecule has 3 atom stereocenters. The van der Waals surface area contributed by atoms with Crippen molar-refractivity contribution in [2.75, 3.05) is 6.61 Å². The Kier molecular flexibility index (Phi) is 6.29. The number of carbonyl (C=O) groups is 2. The number of sulfonamides is 1. The van der Waals surface area contributed by atoms with Crippen LogP contribution >= 0.6 is 0 Å². The van der Waals surface area contributed by atoms with Crippen LogP contribution in [0.25, 0.3) is 0 Å². The largest absolute Gasteiger partial charge is 0.463 e. The van der Waals surface area contributed by atoms with Crippen molar-refractivity contribution in [2.24, 2.45) is 0 Å². The molecule has 0 saturated heterocycles. The topological polar surface area (TPSA) is 108 Å².